The molecule has 1 N–H and O–H groups in total. The van der Waals surface area contributed by atoms with Gasteiger partial charge >= 0.3 is 0 Å². The summed E-state index contributed by atoms with van der Waals surface area (Å²) >= 11 is 0. The van der Waals surface area contributed by atoms with E-state index in [1.165, 1.54) is 0 Å². The summed E-state index contributed by atoms with van der Waals surface area (Å²) in [4.78, 5) is 13.1. The van der Waals surface area contributed by atoms with E-state index in [2.05, 4.69) is 24.1 Å². The van der Waals surface area contributed by atoms with Crippen LogP contribution in [0.3, 0.4) is 0 Å². The number of benzene rings is 1. The maximum absolute atomic E-state index is 11.0. The molecule has 1 aromatic rings. The van der Waals surface area contributed by atoms with Crippen molar-refractivity contribution in [3.05, 3.63) is 39.9 Å². The molecule has 2 unspecified atom stereocenters. The van der Waals surface area contributed by atoms with Gasteiger partial charge in [-0.05, 0) is 20.3 Å². The third-order valence-electron chi connectivity index (χ3n) is 3.84. The van der Waals surface area contributed by atoms with Crippen molar-refractivity contribution in [1.29, 1.82) is 0 Å². The standard InChI is InChI=1S/C14H21N3O2/c1-11-9-15-10-12(2)16(11)8-7-13-5-3-4-6-14(13)17(18)19/h3-6,11-12,15H,7-10H2,1-2H3. The summed E-state index contributed by atoms with van der Waals surface area (Å²) in [5.41, 5.74) is 1.06. The van der Waals surface area contributed by atoms with Gasteiger partial charge in [0.25, 0.3) is 5.69 Å². The summed E-state index contributed by atoms with van der Waals surface area (Å²) in [5, 5.41) is 14.4. The number of para-hydroxylation sites is 1. The van der Waals surface area contributed by atoms with Crippen LogP contribution in [-0.2, 0) is 6.42 Å². The third kappa shape index (κ3) is 3.30. The average molecular weight is 263 g/mol. The minimum Gasteiger partial charge on any atom is -0.314 e. The Hall–Kier alpha value is -1.46. The molecule has 1 aliphatic heterocycles. The summed E-state index contributed by atoms with van der Waals surface area (Å²) in [6.45, 7) is 7.24. The quantitative estimate of drug-likeness (QED) is 0.665. The Morgan fingerprint density at radius 2 is 1.95 bits per heavy atom. The topological polar surface area (TPSA) is 58.4 Å². The van der Waals surface area contributed by atoms with Gasteiger partial charge < -0.3 is 5.32 Å². The molecule has 1 aliphatic rings. The fourth-order valence-electron chi connectivity index (χ4n) is 2.76. The summed E-state index contributed by atoms with van der Waals surface area (Å²) in [7, 11) is 0. The molecule has 1 aromatic carbocycles. The van der Waals surface area contributed by atoms with Gasteiger partial charge in [-0.15, -0.1) is 0 Å². The van der Waals surface area contributed by atoms with E-state index >= 15 is 0 Å². The lowest BCUT2D eigenvalue weighted by atomic mass is 10.1. The van der Waals surface area contributed by atoms with E-state index in [0.717, 1.165) is 31.6 Å². The fourth-order valence-corrected chi connectivity index (χ4v) is 2.76. The monoisotopic (exact) mass is 263 g/mol. The molecule has 5 nitrogen and oxygen atoms in total. The Labute approximate surface area is 113 Å². The number of nitrogens with zero attached hydrogens (tertiary/aromatic N) is 2. The molecule has 0 bridgehead atoms. The predicted molar refractivity (Wildman–Crippen MR) is 75.3 cm³/mol. The number of nitro groups is 1. The Morgan fingerprint density at radius 3 is 2.58 bits per heavy atom. The van der Waals surface area contributed by atoms with Crippen LogP contribution in [0.4, 0.5) is 5.69 Å². The first kappa shape index (κ1) is 14.0. The lowest BCUT2D eigenvalue weighted by Gasteiger charge is -2.39. The van der Waals surface area contributed by atoms with Gasteiger partial charge in [-0.3, -0.25) is 15.0 Å². The zero-order valence-electron chi connectivity index (χ0n) is 11.5. The SMILES string of the molecule is CC1CNCC(C)N1CCc1ccccc1[N+](=O)[O-]. The van der Waals surface area contributed by atoms with E-state index in [0.29, 0.717) is 12.1 Å². The Bertz CT molecular complexity index is 440. The molecule has 0 aromatic heterocycles. The van der Waals surface area contributed by atoms with Gasteiger partial charge in [0.2, 0.25) is 0 Å². The molecule has 104 valence electrons. The Morgan fingerprint density at radius 1 is 1.32 bits per heavy atom. The molecule has 1 saturated heterocycles. The molecule has 0 spiro atoms. The maximum atomic E-state index is 11.0. The van der Waals surface area contributed by atoms with Crippen molar-refractivity contribution >= 4 is 5.69 Å². The molecular weight excluding hydrogens is 242 g/mol. The number of nitrogens with one attached hydrogen (secondary N) is 1. The third-order valence-corrected chi connectivity index (χ3v) is 3.84. The van der Waals surface area contributed by atoms with Gasteiger partial charge in [0.05, 0.1) is 4.92 Å². The van der Waals surface area contributed by atoms with Crippen molar-refractivity contribution in [3.63, 3.8) is 0 Å². The smallest absolute Gasteiger partial charge is 0.272 e. The highest BCUT2D eigenvalue weighted by molar-refractivity contribution is 5.39. The summed E-state index contributed by atoms with van der Waals surface area (Å²) in [6, 6.07) is 7.98. The van der Waals surface area contributed by atoms with Crippen LogP contribution < -0.4 is 5.32 Å². The van der Waals surface area contributed by atoms with Gasteiger partial charge in [0, 0.05) is 43.3 Å². The normalized spacial score (nSPS) is 24.3. The molecule has 0 aliphatic carbocycles. The predicted octanol–water partition coefficient (Wildman–Crippen LogP) is 1.82. The largest absolute Gasteiger partial charge is 0.314 e. The maximum Gasteiger partial charge on any atom is 0.272 e. The van der Waals surface area contributed by atoms with E-state index in [4.69, 9.17) is 0 Å². The first-order chi connectivity index (χ1) is 9.09. The minimum absolute atomic E-state index is 0.234. The molecule has 1 heterocycles. The van der Waals surface area contributed by atoms with Crippen LogP contribution in [0.15, 0.2) is 24.3 Å². The van der Waals surface area contributed by atoms with Crippen LogP contribution in [0.1, 0.15) is 19.4 Å². The highest BCUT2D eigenvalue weighted by Gasteiger charge is 2.24. The number of nitro benzene ring substituents is 1. The van der Waals surface area contributed by atoms with Gasteiger partial charge in [0.1, 0.15) is 0 Å². The molecule has 1 fully saturated rings. The van der Waals surface area contributed by atoms with Gasteiger partial charge in [-0.2, -0.15) is 0 Å². The Kier molecular flexibility index (Phi) is 4.50. The second-order valence-electron chi connectivity index (χ2n) is 5.23. The van der Waals surface area contributed by atoms with E-state index in [1.807, 2.05) is 12.1 Å². The number of rotatable bonds is 4. The van der Waals surface area contributed by atoms with Crippen LogP contribution in [-0.4, -0.2) is 41.5 Å². The number of hydrogen-bond donors (Lipinski definition) is 1. The molecule has 0 saturated carbocycles. The van der Waals surface area contributed by atoms with Crippen molar-refractivity contribution in [2.24, 2.45) is 0 Å². The summed E-state index contributed by atoms with van der Waals surface area (Å²) < 4.78 is 0. The summed E-state index contributed by atoms with van der Waals surface area (Å²) in [5.74, 6) is 0. The zero-order valence-corrected chi connectivity index (χ0v) is 11.5. The van der Waals surface area contributed by atoms with E-state index in [-0.39, 0.29) is 10.6 Å². The molecule has 0 radical (unpaired) electrons. The second-order valence-corrected chi connectivity index (χ2v) is 5.23. The highest BCUT2D eigenvalue weighted by Crippen LogP contribution is 2.19. The Balaban J connectivity index is 2.04. The number of piperazine rings is 1. The lowest BCUT2D eigenvalue weighted by molar-refractivity contribution is -0.385. The van der Waals surface area contributed by atoms with Crippen molar-refractivity contribution in [1.82, 2.24) is 10.2 Å². The lowest BCUT2D eigenvalue weighted by Crippen LogP contribution is -2.55. The van der Waals surface area contributed by atoms with Crippen molar-refractivity contribution < 1.29 is 4.92 Å². The molecule has 5 heteroatoms. The van der Waals surface area contributed by atoms with Gasteiger partial charge in [0.15, 0.2) is 0 Å². The zero-order chi connectivity index (χ0) is 13.8. The summed E-state index contributed by atoms with van der Waals surface area (Å²) in [6.07, 6.45) is 0.728. The molecule has 19 heavy (non-hydrogen) atoms. The first-order valence-electron chi connectivity index (χ1n) is 6.78. The van der Waals surface area contributed by atoms with Crippen LogP contribution in [0.25, 0.3) is 0 Å². The van der Waals surface area contributed by atoms with E-state index < -0.39 is 0 Å². The van der Waals surface area contributed by atoms with Crippen LogP contribution in [0.5, 0.6) is 0 Å². The molecule has 0 amide bonds. The van der Waals surface area contributed by atoms with Crippen LogP contribution in [0, 0.1) is 10.1 Å². The minimum atomic E-state index is -0.292. The second kappa shape index (κ2) is 6.12. The van der Waals surface area contributed by atoms with Crippen LogP contribution >= 0.6 is 0 Å². The van der Waals surface area contributed by atoms with Crippen molar-refractivity contribution in [2.75, 3.05) is 19.6 Å². The van der Waals surface area contributed by atoms with Crippen molar-refractivity contribution in [2.45, 2.75) is 32.4 Å². The van der Waals surface area contributed by atoms with E-state index in [1.54, 1.807) is 12.1 Å². The van der Waals surface area contributed by atoms with Gasteiger partial charge in [-0.25, -0.2) is 0 Å². The molecular formula is C14H21N3O2. The first-order valence-corrected chi connectivity index (χ1v) is 6.78. The molecule has 2 atom stereocenters. The fraction of sp³-hybridized carbons (Fsp3) is 0.571. The van der Waals surface area contributed by atoms with Crippen molar-refractivity contribution in [3.8, 4) is 0 Å². The van der Waals surface area contributed by atoms with Gasteiger partial charge in [-0.1, -0.05) is 18.2 Å². The van der Waals surface area contributed by atoms with E-state index in [9.17, 15) is 10.1 Å². The average Bonchev–Trinajstić information content (AvgIpc) is 2.38. The number of hydrogen-bond acceptors (Lipinski definition) is 4. The molecule has 2 rings (SSSR count). The van der Waals surface area contributed by atoms with Crippen LogP contribution in [0.2, 0.25) is 0 Å². The highest BCUT2D eigenvalue weighted by atomic mass is 16.6.